The molecule has 124 valence electrons. The van der Waals surface area contributed by atoms with Crippen LogP contribution in [0.3, 0.4) is 0 Å². The number of nitrogens with zero attached hydrogens (tertiary/aromatic N) is 3. The van der Waals surface area contributed by atoms with Crippen LogP contribution in [0.25, 0.3) is 0 Å². The molecule has 0 aliphatic heterocycles. The van der Waals surface area contributed by atoms with Crippen LogP contribution in [0.1, 0.15) is 64.6 Å². The highest BCUT2D eigenvalue weighted by Gasteiger charge is 2.36. The van der Waals surface area contributed by atoms with E-state index in [2.05, 4.69) is 36.4 Å². The molecular formula is C16H28N4O2. The molecule has 1 aliphatic rings. The van der Waals surface area contributed by atoms with E-state index in [1.54, 1.807) is 0 Å². The van der Waals surface area contributed by atoms with Gasteiger partial charge in [0.1, 0.15) is 0 Å². The summed E-state index contributed by atoms with van der Waals surface area (Å²) in [6.45, 7) is 7.43. The molecule has 0 spiro atoms. The second-order valence-electron chi connectivity index (χ2n) is 6.64. The summed E-state index contributed by atoms with van der Waals surface area (Å²) in [6, 6.07) is 0.653. The number of carbonyl (C=O) groups is 1. The van der Waals surface area contributed by atoms with E-state index in [1.165, 1.54) is 19.3 Å². The van der Waals surface area contributed by atoms with Crippen LogP contribution in [0.2, 0.25) is 0 Å². The number of rotatable bonds is 9. The molecule has 0 aromatic carbocycles. The molecule has 0 amide bonds. The molecule has 2 rings (SSSR count). The normalized spacial score (nSPS) is 23.8. The van der Waals surface area contributed by atoms with Crippen molar-refractivity contribution in [3.63, 3.8) is 0 Å². The van der Waals surface area contributed by atoms with Crippen molar-refractivity contribution in [3.8, 4) is 0 Å². The van der Waals surface area contributed by atoms with Crippen LogP contribution in [0.15, 0.2) is 6.20 Å². The lowest BCUT2D eigenvalue weighted by Crippen LogP contribution is -2.32. The van der Waals surface area contributed by atoms with Crippen LogP contribution < -0.4 is 5.32 Å². The Labute approximate surface area is 132 Å². The summed E-state index contributed by atoms with van der Waals surface area (Å²) in [5, 5.41) is 20.7. The summed E-state index contributed by atoms with van der Waals surface area (Å²) in [5.74, 6) is -0.263. The lowest BCUT2D eigenvalue weighted by atomic mass is 9.80. The van der Waals surface area contributed by atoms with Crippen molar-refractivity contribution in [2.45, 2.75) is 71.5 Å². The number of hydrogen-bond acceptors (Lipinski definition) is 4. The van der Waals surface area contributed by atoms with Crippen LogP contribution in [-0.2, 0) is 11.3 Å². The highest BCUT2D eigenvalue weighted by molar-refractivity contribution is 5.71. The monoisotopic (exact) mass is 308 g/mol. The molecule has 0 saturated heterocycles. The molecule has 0 bridgehead atoms. The van der Waals surface area contributed by atoms with E-state index in [-0.39, 0.29) is 12.0 Å². The van der Waals surface area contributed by atoms with Gasteiger partial charge < -0.3 is 10.4 Å². The fourth-order valence-corrected chi connectivity index (χ4v) is 2.82. The molecule has 1 aliphatic carbocycles. The number of aliphatic carboxylic acids is 1. The molecule has 1 aromatic rings. The minimum absolute atomic E-state index is 0.197. The zero-order valence-corrected chi connectivity index (χ0v) is 13.8. The molecule has 2 unspecified atom stereocenters. The van der Waals surface area contributed by atoms with Gasteiger partial charge in [0, 0.05) is 12.6 Å². The van der Waals surface area contributed by atoms with Gasteiger partial charge in [0.05, 0.1) is 23.9 Å². The lowest BCUT2D eigenvalue weighted by Gasteiger charge is -2.31. The van der Waals surface area contributed by atoms with Crippen LogP contribution in [0.5, 0.6) is 0 Å². The fourth-order valence-electron chi connectivity index (χ4n) is 2.82. The minimum atomic E-state index is -0.701. The summed E-state index contributed by atoms with van der Waals surface area (Å²) in [4.78, 5) is 10.8. The predicted octanol–water partition coefficient (Wildman–Crippen LogP) is 2.62. The maximum atomic E-state index is 10.8. The third-order valence-electron chi connectivity index (χ3n) is 4.87. The number of carboxylic acid groups (broad SMARTS) is 1. The summed E-state index contributed by atoms with van der Waals surface area (Å²) in [5.41, 5.74) is 0.924. The largest absolute Gasteiger partial charge is 0.481 e. The van der Waals surface area contributed by atoms with Crippen molar-refractivity contribution in [3.05, 3.63) is 11.9 Å². The van der Waals surface area contributed by atoms with Gasteiger partial charge in [-0.2, -0.15) is 0 Å². The maximum Gasteiger partial charge on any atom is 0.306 e. The molecule has 1 saturated carbocycles. The third kappa shape index (κ3) is 4.29. The lowest BCUT2D eigenvalue weighted by molar-refractivity contribution is -0.146. The summed E-state index contributed by atoms with van der Waals surface area (Å²) < 4.78 is 1.82. The van der Waals surface area contributed by atoms with Crippen LogP contribution in [0.4, 0.5) is 0 Å². The van der Waals surface area contributed by atoms with E-state index in [4.69, 9.17) is 5.11 Å². The van der Waals surface area contributed by atoms with Crippen LogP contribution in [0, 0.1) is 11.8 Å². The van der Waals surface area contributed by atoms with E-state index in [1.807, 2.05) is 10.9 Å². The first-order valence-corrected chi connectivity index (χ1v) is 8.38. The van der Waals surface area contributed by atoms with Gasteiger partial charge in [0.15, 0.2) is 0 Å². The van der Waals surface area contributed by atoms with Crippen molar-refractivity contribution in [1.82, 2.24) is 20.3 Å². The van der Waals surface area contributed by atoms with Gasteiger partial charge in [0.2, 0.25) is 0 Å². The molecule has 2 N–H and O–H groups in total. The second-order valence-corrected chi connectivity index (χ2v) is 6.64. The van der Waals surface area contributed by atoms with E-state index in [0.29, 0.717) is 31.3 Å². The van der Waals surface area contributed by atoms with E-state index < -0.39 is 5.97 Å². The van der Waals surface area contributed by atoms with Crippen molar-refractivity contribution in [2.75, 3.05) is 0 Å². The van der Waals surface area contributed by atoms with Gasteiger partial charge in [0.25, 0.3) is 0 Å². The van der Waals surface area contributed by atoms with Crippen molar-refractivity contribution in [1.29, 1.82) is 0 Å². The molecular weight excluding hydrogens is 280 g/mol. The van der Waals surface area contributed by atoms with Crippen molar-refractivity contribution < 1.29 is 9.90 Å². The van der Waals surface area contributed by atoms with Gasteiger partial charge in [-0.25, -0.2) is 4.68 Å². The minimum Gasteiger partial charge on any atom is -0.481 e. The van der Waals surface area contributed by atoms with Gasteiger partial charge in [-0.3, -0.25) is 4.79 Å². The molecule has 1 fully saturated rings. The molecule has 6 heteroatoms. The van der Waals surface area contributed by atoms with Gasteiger partial charge >= 0.3 is 5.97 Å². The van der Waals surface area contributed by atoms with Crippen LogP contribution in [-0.4, -0.2) is 32.1 Å². The maximum absolute atomic E-state index is 10.8. The Morgan fingerprint density at radius 2 is 2.23 bits per heavy atom. The molecule has 1 aromatic heterocycles. The van der Waals surface area contributed by atoms with Crippen LogP contribution >= 0.6 is 0 Å². The van der Waals surface area contributed by atoms with E-state index in [9.17, 15) is 4.79 Å². The number of nitrogens with one attached hydrogen (secondary N) is 1. The highest BCUT2D eigenvalue weighted by Crippen LogP contribution is 2.37. The fraction of sp³-hybridized carbons (Fsp3) is 0.812. The Bertz CT molecular complexity index is 482. The molecule has 1 heterocycles. The van der Waals surface area contributed by atoms with Gasteiger partial charge in [-0.15, -0.1) is 5.10 Å². The van der Waals surface area contributed by atoms with E-state index in [0.717, 1.165) is 5.69 Å². The Morgan fingerprint density at radius 3 is 2.86 bits per heavy atom. The zero-order valence-electron chi connectivity index (χ0n) is 13.8. The number of aromatic nitrogens is 3. The average molecular weight is 308 g/mol. The quantitative estimate of drug-likeness (QED) is 0.733. The zero-order chi connectivity index (χ0) is 16.1. The van der Waals surface area contributed by atoms with Gasteiger partial charge in [-0.05, 0) is 32.1 Å². The standard InChI is InChI=1S/C16H28N4O2/c1-4-5-6-11(2)12(3)17-9-14-10-20(19-18-14)15-7-13(8-15)16(21)22/h10-13,15,17H,4-9H2,1-3H3,(H,21,22). The Kier molecular flexibility index (Phi) is 5.94. The third-order valence-corrected chi connectivity index (χ3v) is 4.87. The van der Waals surface area contributed by atoms with Gasteiger partial charge in [-0.1, -0.05) is 31.9 Å². The Hall–Kier alpha value is -1.43. The second kappa shape index (κ2) is 7.72. The Balaban J connectivity index is 1.74. The average Bonchev–Trinajstić information content (AvgIpc) is 2.88. The first-order chi connectivity index (χ1) is 10.5. The number of carboxylic acids is 1. The first kappa shape index (κ1) is 16.9. The first-order valence-electron chi connectivity index (χ1n) is 8.38. The molecule has 0 radical (unpaired) electrons. The Morgan fingerprint density at radius 1 is 1.50 bits per heavy atom. The molecule has 22 heavy (non-hydrogen) atoms. The highest BCUT2D eigenvalue weighted by atomic mass is 16.4. The van der Waals surface area contributed by atoms with Crippen molar-refractivity contribution in [2.24, 2.45) is 11.8 Å². The number of hydrogen-bond donors (Lipinski definition) is 2. The predicted molar refractivity (Wildman–Crippen MR) is 84.4 cm³/mol. The SMILES string of the molecule is CCCCC(C)C(C)NCc1cn(C2CC(C(=O)O)C2)nn1. The van der Waals surface area contributed by atoms with Crippen molar-refractivity contribution >= 4 is 5.97 Å². The topological polar surface area (TPSA) is 80.0 Å². The number of unbranched alkanes of at least 4 members (excludes halogenated alkanes) is 1. The molecule has 2 atom stereocenters. The van der Waals surface area contributed by atoms with E-state index >= 15 is 0 Å². The summed E-state index contributed by atoms with van der Waals surface area (Å²) >= 11 is 0. The summed E-state index contributed by atoms with van der Waals surface area (Å²) in [7, 11) is 0. The molecule has 6 nitrogen and oxygen atoms in total. The smallest absolute Gasteiger partial charge is 0.306 e. The summed E-state index contributed by atoms with van der Waals surface area (Å²) in [6.07, 6.45) is 7.03.